The zero-order valence-electron chi connectivity index (χ0n) is 11.4. The Labute approximate surface area is 96.6 Å². The molecule has 0 aromatic heterocycles. The van der Waals surface area contributed by atoms with Crippen molar-refractivity contribution < 1.29 is 4.74 Å². The van der Waals surface area contributed by atoms with Crippen LogP contribution in [0.4, 0.5) is 0 Å². The summed E-state index contributed by atoms with van der Waals surface area (Å²) in [6.45, 7) is 12.9. The van der Waals surface area contributed by atoms with Crippen LogP contribution in [-0.4, -0.2) is 13.2 Å². The van der Waals surface area contributed by atoms with Gasteiger partial charge in [-0.1, -0.05) is 53.9 Å². The topological polar surface area (TPSA) is 9.23 Å². The molecule has 0 aromatic rings. The Kier molecular flexibility index (Phi) is 8.13. The Morgan fingerprint density at radius 3 is 2.07 bits per heavy atom. The molecule has 0 aliphatic heterocycles. The minimum atomic E-state index is 0.314. The van der Waals surface area contributed by atoms with E-state index < -0.39 is 0 Å². The van der Waals surface area contributed by atoms with Gasteiger partial charge in [0.2, 0.25) is 0 Å². The molecule has 0 fully saturated rings. The first-order valence-electron chi connectivity index (χ1n) is 6.28. The molecular formula is C14H29O. The van der Waals surface area contributed by atoms with Crippen molar-refractivity contribution in [2.24, 2.45) is 5.41 Å². The second-order valence-corrected chi connectivity index (χ2v) is 5.98. The molecule has 0 aliphatic carbocycles. The second-order valence-electron chi connectivity index (χ2n) is 5.98. The van der Waals surface area contributed by atoms with E-state index in [1.807, 2.05) is 0 Å². The van der Waals surface area contributed by atoms with Crippen molar-refractivity contribution in [3.05, 3.63) is 5.92 Å². The smallest absolute Gasteiger partial charge is 0.0514 e. The molecule has 0 spiro atoms. The third-order valence-corrected chi connectivity index (χ3v) is 2.25. The molecule has 0 aliphatic rings. The molecule has 15 heavy (non-hydrogen) atoms. The maximum absolute atomic E-state index is 5.62. The highest BCUT2D eigenvalue weighted by Gasteiger charge is 2.09. The molecule has 91 valence electrons. The monoisotopic (exact) mass is 213 g/mol. The lowest BCUT2D eigenvalue weighted by atomic mass is 9.99. The molecule has 0 aromatic carbocycles. The number of hydrogen-bond donors (Lipinski definition) is 0. The molecule has 0 bridgehead atoms. The van der Waals surface area contributed by atoms with Crippen molar-refractivity contribution in [1.29, 1.82) is 0 Å². The molecule has 1 nitrogen and oxygen atoms in total. The van der Waals surface area contributed by atoms with Crippen molar-refractivity contribution >= 4 is 0 Å². The SMILES string of the molecule is C[C](C)CCCCCCOCC(C)(C)C. The van der Waals surface area contributed by atoms with E-state index in [4.69, 9.17) is 4.74 Å². The van der Waals surface area contributed by atoms with Crippen LogP contribution < -0.4 is 0 Å². The van der Waals surface area contributed by atoms with Gasteiger partial charge in [0.05, 0.1) is 6.61 Å². The van der Waals surface area contributed by atoms with Crippen LogP contribution in [0.3, 0.4) is 0 Å². The van der Waals surface area contributed by atoms with Crippen LogP contribution in [0.2, 0.25) is 0 Å². The molecule has 0 N–H and O–H groups in total. The van der Waals surface area contributed by atoms with Gasteiger partial charge >= 0.3 is 0 Å². The highest BCUT2D eigenvalue weighted by molar-refractivity contribution is 4.75. The predicted molar refractivity (Wildman–Crippen MR) is 68.0 cm³/mol. The zero-order valence-corrected chi connectivity index (χ0v) is 11.4. The van der Waals surface area contributed by atoms with Crippen LogP contribution in [0.1, 0.15) is 66.7 Å². The molecule has 0 rings (SSSR count). The molecule has 0 saturated carbocycles. The van der Waals surface area contributed by atoms with Crippen molar-refractivity contribution in [2.45, 2.75) is 66.7 Å². The summed E-state index contributed by atoms with van der Waals surface area (Å²) in [7, 11) is 0. The lowest BCUT2D eigenvalue weighted by Gasteiger charge is -2.17. The highest BCUT2D eigenvalue weighted by Crippen LogP contribution is 2.14. The first-order valence-corrected chi connectivity index (χ1v) is 6.28. The Bertz CT molecular complexity index is 133. The van der Waals surface area contributed by atoms with Crippen molar-refractivity contribution in [1.82, 2.24) is 0 Å². The molecule has 1 radical (unpaired) electrons. The van der Waals surface area contributed by atoms with Crippen molar-refractivity contribution in [3.63, 3.8) is 0 Å². The van der Waals surface area contributed by atoms with Crippen LogP contribution in [0, 0.1) is 11.3 Å². The minimum Gasteiger partial charge on any atom is -0.381 e. The van der Waals surface area contributed by atoms with E-state index in [1.165, 1.54) is 32.1 Å². The molecule has 0 heterocycles. The van der Waals surface area contributed by atoms with E-state index in [9.17, 15) is 0 Å². The van der Waals surface area contributed by atoms with Gasteiger partial charge in [0, 0.05) is 6.61 Å². The summed E-state index contributed by atoms with van der Waals surface area (Å²) in [6.07, 6.45) is 6.53. The Hall–Kier alpha value is -0.0400. The van der Waals surface area contributed by atoms with E-state index in [0.29, 0.717) is 5.41 Å². The van der Waals surface area contributed by atoms with Crippen molar-refractivity contribution in [2.75, 3.05) is 13.2 Å². The standard InChI is InChI=1S/C14H29O/c1-13(2)10-8-6-7-9-11-15-12-14(3,4)5/h6-12H2,1-5H3. The van der Waals surface area contributed by atoms with E-state index in [0.717, 1.165) is 13.2 Å². The molecule has 0 saturated heterocycles. The summed E-state index contributed by atoms with van der Waals surface area (Å²) in [4.78, 5) is 0. The average molecular weight is 213 g/mol. The number of hydrogen-bond acceptors (Lipinski definition) is 1. The maximum atomic E-state index is 5.62. The first kappa shape index (κ1) is 15.0. The highest BCUT2D eigenvalue weighted by atomic mass is 16.5. The third-order valence-electron chi connectivity index (χ3n) is 2.25. The normalized spacial score (nSPS) is 12.4. The summed E-state index contributed by atoms with van der Waals surface area (Å²) < 4.78 is 5.62. The first-order chi connectivity index (χ1) is 6.92. The van der Waals surface area contributed by atoms with E-state index in [-0.39, 0.29) is 0 Å². The summed E-state index contributed by atoms with van der Waals surface area (Å²) in [5, 5.41) is 0. The predicted octanol–water partition coefficient (Wildman–Crippen LogP) is 4.61. The molecule has 1 heteroatoms. The van der Waals surface area contributed by atoms with Gasteiger partial charge in [-0.15, -0.1) is 0 Å². The van der Waals surface area contributed by atoms with Gasteiger partial charge in [-0.05, 0) is 24.2 Å². The zero-order chi connectivity index (χ0) is 11.7. The van der Waals surface area contributed by atoms with Gasteiger partial charge in [0.15, 0.2) is 0 Å². The van der Waals surface area contributed by atoms with Gasteiger partial charge in [-0.2, -0.15) is 0 Å². The Balaban J connectivity index is 3.06. The number of rotatable bonds is 8. The Morgan fingerprint density at radius 1 is 0.933 bits per heavy atom. The molecular weight excluding hydrogens is 184 g/mol. The van der Waals surface area contributed by atoms with Crippen molar-refractivity contribution in [3.8, 4) is 0 Å². The van der Waals surface area contributed by atoms with Gasteiger partial charge in [-0.25, -0.2) is 0 Å². The van der Waals surface area contributed by atoms with E-state index >= 15 is 0 Å². The summed E-state index contributed by atoms with van der Waals surface area (Å²) in [5.74, 6) is 1.55. The Morgan fingerprint density at radius 2 is 1.53 bits per heavy atom. The van der Waals surface area contributed by atoms with E-state index in [2.05, 4.69) is 34.6 Å². The summed E-state index contributed by atoms with van der Waals surface area (Å²) in [5.41, 5.74) is 0.314. The van der Waals surface area contributed by atoms with Crippen LogP contribution >= 0.6 is 0 Å². The fraction of sp³-hybridized carbons (Fsp3) is 0.929. The lowest BCUT2D eigenvalue weighted by Crippen LogP contribution is -2.14. The summed E-state index contributed by atoms with van der Waals surface area (Å²) >= 11 is 0. The van der Waals surface area contributed by atoms with Crippen LogP contribution in [0.15, 0.2) is 0 Å². The average Bonchev–Trinajstić information content (AvgIpc) is 2.07. The van der Waals surface area contributed by atoms with Gasteiger partial charge < -0.3 is 4.74 Å². The van der Waals surface area contributed by atoms with E-state index in [1.54, 1.807) is 5.92 Å². The van der Waals surface area contributed by atoms with Gasteiger partial charge in [0.1, 0.15) is 0 Å². The molecule has 0 atom stereocenters. The largest absolute Gasteiger partial charge is 0.381 e. The fourth-order valence-corrected chi connectivity index (χ4v) is 1.41. The minimum absolute atomic E-state index is 0.314. The number of unbranched alkanes of at least 4 members (excludes halogenated alkanes) is 3. The molecule has 0 unspecified atom stereocenters. The number of ether oxygens (including phenoxy) is 1. The lowest BCUT2D eigenvalue weighted by molar-refractivity contribution is 0.0686. The van der Waals surface area contributed by atoms with Gasteiger partial charge in [-0.3, -0.25) is 0 Å². The fourth-order valence-electron chi connectivity index (χ4n) is 1.41. The third kappa shape index (κ3) is 14.0. The van der Waals surface area contributed by atoms with Gasteiger partial charge in [0.25, 0.3) is 0 Å². The molecule has 0 amide bonds. The van der Waals surface area contributed by atoms with Crippen LogP contribution in [-0.2, 0) is 4.74 Å². The second kappa shape index (κ2) is 8.15. The quantitative estimate of drug-likeness (QED) is 0.535. The van der Waals surface area contributed by atoms with Crippen LogP contribution in [0.5, 0.6) is 0 Å². The maximum Gasteiger partial charge on any atom is 0.0514 e. The van der Waals surface area contributed by atoms with Crippen LogP contribution in [0.25, 0.3) is 0 Å². The summed E-state index contributed by atoms with van der Waals surface area (Å²) in [6, 6.07) is 0.